The van der Waals surface area contributed by atoms with Gasteiger partial charge in [0.15, 0.2) is 5.76 Å². The minimum Gasteiger partial charge on any atom is -0.459 e. The van der Waals surface area contributed by atoms with E-state index in [1.54, 1.807) is 12.1 Å². The smallest absolute Gasteiger partial charge is 0.287 e. The van der Waals surface area contributed by atoms with Crippen molar-refractivity contribution in [1.29, 1.82) is 0 Å². The van der Waals surface area contributed by atoms with Gasteiger partial charge in [-0.1, -0.05) is 30.3 Å². The van der Waals surface area contributed by atoms with Gasteiger partial charge in [0.25, 0.3) is 5.91 Å². The average molecular weight is 419 g/mol. The molecule has 2 aromatic carbocycles. The molecule has 1 atom stereocenters. The molecule has 1 fully saturated rings. The third kappa shape index (κ3) is 5.09. The van der Waals surface area contributed by atoms with Gasteiger partial charge in [-0.15, -0.1) is 0 Å². The highest BCUT2D eigenvalue weighted by molar-refractivity contribution is 5.91. The Morgan fingerprint density at radius 3 is 2.29 bits per heavy atom. The Bertz CT molecular complexity index is 947. The minimum atomic E-state index is -0.178. The second kappa shape index (κ2) is 9.71. The molecule has 1 saturated heterocycles. The summed E-state index contributed by atoms with van der Waals surface area (Å²) in [5.74, 6) is 0.165. The van der Waals surface area contributed by atoms with Gasteiger partial charge in [-0.25, -0.2) is 0 Å². The summed E-state index contributed by atoms with van der Waals surface area (Å²) < 4.78 is 5.25. The van der Waals surface area contributed by atoms with Crippen LogP contribution < -0.4 is 15.1 Å². The molecule has 2 heterocycles. The fraction of sp³-hybridized carbons (Fsp3) is 0.320. The largest absolute Gasteiger partial charge is 0.459 e. The van der Waals surface area contributed by atoms with Crippen molar-refractivity contribution in [3.05, 3.63) is 84.3 Å². The summed E-state index contributed by atoms with van der Waals surface area (Å²) in [4.78, 5) is 19.4. The molecule has 0 aliphatic carbocycles. The number of carbonyl (C=O) groups excluding carboxylic acids is 1. The van der Waals surface area contributed by atoms with Crippen molar-refractivity contribution in [3.8, 4) is 0 Å². The molecule has 1 amide bonds. The molecule has 1 aliphatic heterocycles. The molecule has 0 bridgehead atoms. The Morgan fingerprint density at radius 1 is 0.968 bits per heavy atom. The number of amides is 1. The van der Waals surface area contributed by atoms with Crippen LogP contribution >= 0.6 is 0 Å². The molecule has 0 unspecified atom stereocenters. The van der Waals surface area contributed by atoms with Crippen LogP contribution in [0.1, 0.15) is 22.2 Å². The van der Waals surface area contributed by atoms with Crippen LogP contribution in [0.3, 0.4) is 0 Å². The van der Waals surface area contributed by atoms with Crippen molar-refractivity contribution < 1.29 is 9.21 Å². The molecule has 4 rings (SSSR count). The molecular formula is C25H30N4O2. The molecule has 31 heavy (non-hydrogen) atoms. The number of rotatable bonds is 7. The van der Waals surface area contributed by atoms with Gasteiger partial charge in [0.2, 0.25) is 0 Å². The second-order valence-electron chi connectivity index (χ2n) is 8.05. The summed E-state index contributed by atoms with van der Waals surface area (Å²) in [6.07, 6.45) is 1.52. The number of nitrogens with zero attached hydrogens (tertiary/aromatic N) is 3. The number of para-hydroxylation sites is 1. The fourth-order valence-corrected chi connectivity index (χ4v) is 4.07. The van der Waals surface area contributed by atoms with E-state index in [1.807, 2.05) is 14.1 Å². The fourth-order valence-electron chi connectivity index (χ4n) is 4.07. The first-order valence-electron chi connectivity index (χ1n) is 10.7. The van der Waals surface area contributed by atoms with E-state index in [9.17, 15) is 4.79 Å². The molecule has 162 valence electrons. The van der Waals surface area contributed by atoms with Crippen LogP contribution in [0.25, 0.3) is 0 Å². The zero-order valence-corrected chi connectivity index (χ0v) is 18.2. The number of furan rings is 1. The summed E-state index contributed by atoms with van der Waals surface area (Å²) in [7, 11) is 4.08. The summed E-state index contributed by atoms with van der Waals surface area (Å²) in [6.45, 7) is 4.33. The maximum atomic E-state index is 12.5. The lowest BCUT2D eigenvalue weighted by Crippen LogP contribution is -2.49. The van der Waals surface area contributed by atoms with Gasteiger partial charge in [-0.05, 0) is 42.0 Å². The van der Waals surface area contributed by atoms with Crippen molar-refractivity contribution in [2.45, 2.75) is 6.04 Å². The highest BCUT2D eigenvalue weighted by atomic mass is 16.3. The molecule has 1 N–H and O–H groups in total. The predicted molar refractivity (Wildman–Crippen MR) is 125 cm³/mol. The maximum absolute atomic E-state index is 12.5. The van der Waals surface area contributed by atoms with Crippen molar-refractivity contribution in [2.24, 2.45) is 0 Å². The summed E-state index contributed by atoms with van der Waals surface area (Å²) >= 11 is 0. The topological polar surface area (TPSA) is 52.0 Å². The van der Waals surface area contributed by atoms with E-state index in [-0.39, 0.29) is 11.9 Å². The molecule has 1 aliphatic rings. The Kier molecular flexibility index (Phi) is 6.57. The molecule has 0 spiro atoms. The van der Waals surface area contributed by atoms with Gasteiger partial charge < -0.3 is 19.5 Å². The van der Waals surface area contributed by atoms with Crippen molar-refractivity contribution in [2.75, 3.05) is 56.6 Å². The van der Waals surface area contributed by atoms with E-state index < -0.39 is 0 Å². The molecular weight excluding hydrogens is 388 g/mol. The number of hydrogen-bond donors (Lipinski definition) is 1. The Morgan fingerprint density at radius 2 is 1.68 bits per heavy atom. The van der Waals surface area contributed by atoms with Crippen LogP contribution in [0, 0.1) is 0 Å². The van der Waals surface area contributed by atoms with E-state index >= 15 is 0 Å². The monoisotopic (exact) mass is 418 g/mol. The van der Waals surface area contributed by atoms with Crippen LogP contribution in [0.15, 0.2) is 77.4 Å². The SMILES string of the molecule is CN(C)c1ccc([C@@H](CNC(=O)c2ccco2)N2CCN(c3ccccc3)CC2)cc1. The lowest BCUT2D eigenvalue weighted by molar-refractivity contribution is 0.0902. The Labute approximate surface area is 184 Å². The van der Waals surface area contributed by atoms with Gasteiger partial charge >= 0.3 is 0 Å². The first-order valence-corrected chi connectivity index (χ1v) is 10.7. The number of piperazine rings is 1. The summed E-state index contributed by atoms with van der Waals surface area (Å²) in [5.41, 5.74) is 3.63. The van der Waals surface area contributed by atoms with Gasteiger partial charge in [0.05, 0.1) is 12.3 Å². The summed E-state index contributed by atoms with van der Waals surface area (Å²) in [5, 5.41) is 3.06. The zero-order valence-electron chi connectivity index (χ0n) is 18.2. The number of hydrogen-bond acceptors (Lipinski definition) is 5. The predicted octanol–water partition coefficient (Wildman–Crippen LogP) is 3.64. The molecule has 6 heteroatoms. The third-order valence-corrected chi connectivity index (χ3v) is 5.87. The number of carbonyl (C=O) groups is 1. The van der Waals surface area contributed by atoms with E-state index in [1.165, 1.54) is 17.5 Å². The highest BCUT2D eigenvalue weighted by Crippen LogP contribution is 2.26. The van der Waals surface area contributed by atoms with Crippen molar-refractivity contribution in [1.82, 2.24) is 10.2 Å². The Hall–Kier alpha value is -3.25. The third-order valence-electron chi connectivity index (χ3n) is 5.87. The van der Waals surface area contributed by atoms with Crippen molar-refractivity contribution >= 4 is 17.3 Å². The van der Waals surface area contributed by atoms with Gasteiger partial charge in [0, 0.05) is 58.2 Å². The lowest BCUT2D eigenvalue weighted by Gasteiger charge is -2.40. The number of nitrogens with one attached hydrogen (secondary N) is 1. The highest BCUT2D eigenvalue weighted by Gasteiger charge is 2.26. The molecule has 0 radical (unpaired) electrons. The quantitative estimate of drug-likeness (QED) is 0.635. The van der Waals surface area contributed by atoms with E-state index in [4.69, 9.17) is 4.42 Å². The van der Waals surface area contributed by atoms with Crippen LogP contribution in [0.2, 0.25) is 0 Å². The number of benzene rings is 2. The van der Waals surface area contributed by atoms with Crippen LogP contribution in [-0.4, -0.2) is 57.6 Å². The first-order chi connectivity index (χ1) is 15.1. The maximum Gasteiger partial charge on any atom is 0.287 e. The molecule has 3 aromatic rings. The molecule has 6 nitrogen and oxygen atoms in total. The molecule has 1 aromatic heterocycles. The van der Waals surface area contributed by atoms with Crippen LogP contribution in [-0.2, 0) is 0 Å². The summed E-state index contributed by atoms with van der Waals surface area (Å²) in [6, 6.07) is 22.7. The van der Waals surface area contributed by atoms with Gasteiger partial charge in [-0.2, -0.15) is 0 Å². The Balaban J connectivity index is 1.47. The average Bonchev–Trinajstić information content (AvgIpc) is 3.36. The number of anilines is 2. The zero-order chi connectivity index (χ0) is 21.6. The van der Waals surface area contributed by atoms with E-state index in [0.29, 0.717) is 12.3 Å². The van der Waals surface area contributed by atoms with Gasteiger partial charge in [-0.3, -0.25) is 9.69 Å². The second-order valence-corrected chi connectivity index (χ2v) is 8.05. The lowest BCUT2D eigenvalue weighted by atomic mass is 10.0. The standard InChI is InChI=1S/C25H30N4O2/c1-27(2)21-12-10-20(11-13-21)23(19-26-25(30)24-9-6-18-31-24)29-16-14-28(15-17-29)22-7-4-3-5-8-22/h3-13,18,23H,14-17,19H2,1-2H3,(H,26,30)/t23-/m1/s1. The van der Waals surface area contributed by atoms with E-state index in [2.05, 4.69) is 74.6 Å². The molecule has 0 saturated carbocycles. The van der Waals surface area contributed by atoms with Crippen LogP contribution in [0.4, 0.5) is 11.4 Å². The van der Waals surface area contributed by atoms with E-state index in [0.717, 1.165) is 31.9 Å². The normalized spacial score (nSPS) is 15.5. The van der Waals surface area contributed by atoms with Gasteiger partial charge in [0.1, 0.15) is 0 Å². The first kappa shape index (κ1) is 21.0. The van der Waals surface area contributed by atoms with Crippen LogP contribution in [0.5, 0.6) is 0 Å². The van der Waals surface area contributed by atoms with Crippen molar-refractivity contribution in [3.63, 3.8) is 0 Å². The minimum absolute atomic E-state index is 0.105.